The Morgan fingerprint density at radius 3 is 2.45 bits per heavy atom. The van der Waals surface area contributed by atoms with Gasteiger partial charge in [0.15, 0.2) is 5.96 Å². The zero-order chi connectivity index (χ0) is 22.9. The molecule has 1 heterocycles. The zero-order valence-electron chi connectivity index (χ0n) is 19.6. The second-order valence-corrected chi connectivity index (χ2v) is 8.12. The number of carbonyl (C=O) groups is 1. The van der Waals surface area contributed by atoms with E-state index >= 15 is 0 Å². The molecule has 8 nitrogen and oxygen atoms in total. The molecule has 9 heteroatoms. The highest BCUT2D eigenvalue weighted by molar-refractivity contribution is 14.0. The number of hydrogen-bond donors (Lipinski definition) is 3. The number of benzene rings is 2. The van der Waals surface area contributed by atoms with Crippen molar-refractivity contribution in [3.05, 3.63) is 59.7 Å². The normalized spacial score (nSPS) is 14.1. The van der Waals surface area contributed by atoms with E-state index in [1.54, 1.807) is 13.1 Å². The van der Waals surface area contributed by atoms with Crippen molar-refractivity contribution in [3.63, 3.8) is 0 Å². The molecule has 0 atom stereocenters. The average Bonchev–Trinajstić information content (AvgIpc) is 2.80. The van der Waals surface area contributed by atoms with Crippen molar-refractivity contribution in [1.29, 1.82) is 0 Å². The maximum atomic E-state index is 12.4. The summed E-state index contributed by atoms with van der Waals surface area (Å²) in [6.07, 6.45) is 0. The standard InChI is InChI=1S/C24H34N6O2.HI/c1-25-24(30-15-13-29(14-16-30)21-9-4-5-10-22(21)31)27-18-19-7-6-8-20(17-19)23(32)26-11-12-28(2)3;/h4-10,17,31H,11-16,18H2,1-3H3,(H,25,27)(H,26,32);1H. The van der Waals surface area contributed by atoms with Crippen LogP contribution in [0.15, 0.2) is 53.5 Å². The largest absolute Gasteiger partial charge is 0.506 e. The van der Waals surface area contributed by atoms with Crippen molar-refractivity contribution in [2.75, 3.05) is 65.3 Å². The second kappa shape index (κ2) is 13.2. The van der Waals surface area contributed by atoms with Crippen LogP contribution in [0.2, 0.25) is 0 Å². The lowest BCUT2D eigenvalue weighted by atomic mass is 10.1. The number of amides is 1. The van der Waals surface area contributed by atoms with Gasteiger partial charge >= 0.3 is 0 Å². The smallest absolute Gasteiger partial charge is 0.251 e. The van der Waals surface area contributed by atoms with Crippen LogP contribution in [0.25, 0.3) is 0 Å². The van der Waals surface area contributed by atoms with Gasteiger partial charge in [-0.15, -0.1) is 24.0 Å². The van der Waals surface area contributed by atoms with E-state index in [1.165, 1.54) is 0 Å². The molecule has 0 radical (unpaired) electrons. The van der Waals surface area contributed by atoms with Crippen molar-refractivity contribution < 1.29 is 9.90 Å². The first-order valence-electron chi connectivity index (χ1n) is 11.0. The maximum absolute atomic E-state index is 12.4. The van der Waals surface area contributed by atoms with E-state index < -0.39 is 0 Å². The average molecular weight is 566 g/mol. The summed E-state index contributed by atoms with van der Waals surface area (Å²) in [6.45, 7) is 5.24. The third-order valence-electron chi connectivity index (χ3n) is 5.50. The number of hydrogen-bond acceptors (Lipinski definition) is 5. The van der Waals surface area contributed by atoms with Gasteiger partial charge in [-0.3, -0.25) is 9.79 Å². The van der Waals surface area contributed by atoms with Gasteiger partial charge in [-0.2, -0.15) is 0 Å². The molecule has 0 aromatic heterocycles. The Bertz CT molecular complexity index is 929. The molecular weight excluding hydrogens is 531 g/mol. The zero-order valence-corrected chi connectivity index (χ0v) is 22.0. The van der Waals surface area contributed by atoms with Crippen LogP contribution >= 0.6 is 24.0 Å². The van der Waals surface area contributed by atoms with Crippen LogP contribution in [-0.2, 0) is 6.54 Å². The Hall–Kier alpha value is -2.53. The summed E-state index contributed by atoms with van der Waals surface area (Å²) < 4.78 is 0. The van der Waals surface area contributed by atoms with Gasteiger partial charge in [-0.05, 0) is 43.9 Å². The molecule has 0 spiro atoms. The van der Waals surface area contributed by atoms with Crippen LogP contribution in [-0.4, -0.2) is 87.2 Å². The van der Waals surface area contributed by atoms with Gasteiger partial charge < -0.3 is 30.4 Å². The predicted octanol–water partition coefficient (Wildman–Crippen LogP) is 2.20. The van der Waals surface area contributed by atoms with Crippen molar-refractivity contribution in [2.45, 2.75) is 6.54 Å². The fraction of sp³-hybridized carbons (Fsp3) is 0.417. The number of carbonyl (C=O) groups excluding carboxylic acids is 1. The Labute approximate surface area is 213 Å². The van der Waals surface area contributed by atoms with Crippen molar-refractivity contribution in [1.82, 2.24) is 20.4 Å². The van der Waals surface area contributed by atoms with E-state index in [1.807, 2.05) is 61.5 Å². The number of nitrogens with one attached hydrogen (secondary N) is 2. The number of aromatic hydroxyl groups is 1. The van der Waals surface area contributed by atoms with E-state index in [0.717, 1.165) is 49.9 Å². The first kappa shape index (κ1) is 26.7. The molecule has 1 saturated heterocycles. The Kier molecular flexibility index (Phi) is 10.7. The molecule has 0 aliphatic carbocycles. The summed E-state index contributed by atoms with van der Waals surface area (Å²) in [5.74, 6) is 1.09. The molecular formula is C24H35IN6O2. The minimum atomic E-state index is -0.0571. The third kappa shape index (κ3) is 7.78. The molecule has 1 fully saturated rings. The number of halogens is 1. The van der Waals surface area contributed by atoms with E-state index in [4.69, 9.17) is 0 Å². The summed E-state index contributed by atoms with van der Waals surface area (Å²) in [5.41, 5.74) is 2.56. The second-order valence-electron chi connectivity index (χ2n) is 8.12. The SMILES string of the molecule is CN=C(NCc1cccc(C(=O)NCCN(C)C)c1)N1CCN(c2ccccc2O)CC1.I. The molecule has 2 aromatic carbocycles. The predicted molar refractivity (Wildman–Crippen MR) is 145 cm³/mol. The lowest BCUT2D eigenvalue weighted by molar-refractivity contribution is 0.0951. The number of rotatable bonds is 7. The number of phenols is 1. The van der Waals surface area contributed by atoms with Crippen LogP contribution in [0.1, 0.15) is 15.9 Å². The van der Waals surface area contributed by atoms with Crippen molar-refractivity contribution in [3.8, 4) is 5.75 Å². The van der Waals surface area contributed by atoms with Crippen LogP contribution in [0.4, 0.5) is 5.69 Å². The first-order chi connectivity index (χ1) is 15.5. The number of likely N-dealkylation sites (N-methyl/N-ethyl adjacent to an activating group) is 1. The van der Waals surface area contributed by atoms with Gasteiger partial charge in [0.1, 0.15) is 5.75 Å². The van der Waals surface area contributed by atoms with Gasteiger partial charge in [0.25, 0.3) is 5.91 Å². The number of anilines is 1. The highest BCUT2D eigenvalue weighted by Crippen LogP contribution is 2.27. The number of aliphatic imine (C=N–C) groups is 1. The van der Waals surface area contributed by atoms with Crippen LogP contribution in [0, 0.1) is 0 Å². The molecule has 33 heavy (non-hydrogen) atoms. The highest BCUT2D eigenvalue weighted by atomic mass is 127. The summed E-state index contributed by atoms with van der Waals surface area (Å²) in [7, 11) is 5.75. The summed E-state index contributed by atoms with van der Waals surface area (Å²) >= 11 is 0. The topological polar surface area (TPSA) is 83.4 Å². The number of nitrogens with zero attached hydrogens (tertiary/aromatic N) is 4. The summed E-state index contributed by atoms with van der Waals surface area (Å²) in [6, 6.07) is 15.1. The molecule has 0 saturated carbocycles. The molecule has 1 aliphatic heterocycles. The number of phenolic OH excluding ortho intramolecular Hbond substituents is 1. The van der Waals surface area contributed by atoms with Crippen molar-refractivity contribution in [2.24, 2.45) is 4.99 Å². The molecule has 3 N–H and O–H groups in total. The lowest BCUT2D eigenvalue weighted by Crippen LogP contribution is -2.52. The molecule has 0 unspecified atom stereocenters. The maximum Gasteiger partial charge on any atom is 0.251 e. The number of piperazine rings is 1. The number of para-hydroxylation sites is 2. The van der Waals surface area contributed by atoms with Gasteiger partial charge in [-0.25, -0.2) is 0 Å². The van der Waals surface area contributed by atoms with E-state index in [2.05, 4.69) is 25.4 Å². The van der Waals surface area contributed by atoms with E-state index in [0.29, 0.717) is 24.4 Å². The van der Waals surface area contributed by atoms with Crippen molar-refractivity contribution >= 4 is 41.5 Å². The molecule has 1 aliphatic rings. The first-order valence-corrected chi connectivity index (χ1v) is 11.0. The van der Waals surface area contributed by atoms with Gasteiger partial charge in [-0.1, -0.05) is 24.3 Å². The lowest BCUT2D eigenvalue weighted by Gasteiger charge is -2.37. The molecule has 0 bridgehead atoms. The third-order valence-corrected chi connectivity index (χ3v) is 5.50. The quantitative estimate of drug-likeness (QED) is 0.271. The van der Waals surface area contributed by atoms with E-state index in [-0.39, 0.29) is 29.9 Å². The molecule has 3 rings (SSSR count). The van der Waals surface area contributed by atoms with Crippen LogP contribution < -0.4 is 15.5 Å². The fourth-order valence-electron chi connectivity index (χ4n) is 3.72. The molecule has 180 valence electrons. The fourth-order valence-corrected chi connectivity index (χ4v) is 3.72. The number of guanidine groups is 1. The van der Waals surface area contributed by atoms with Gasteiger partial charge in [0.05, 0.1) is 5.69 Å². The Balaban J connectivity index is 0.00000385. The molecule has 1 amide bonds. The minimum Gasteiger partial charge on any atom is -0.506 e. The van der Waals surface area contributed by atoms with Gasteiger partial charge in [0, 0.05) is 58.4 Å². The molecule has 2 aromatic rings. The van der Waals surface area contributed by atoms with Gasteiger partial charge in [0.2, 0.25) is 0 Å². The van der Waals surface area contributed by atoms with Crippen LogP contribution in [0.3, 0.4) is 0 Å². The summed E-state index contributed by atoms with van der Waals surface area (Å²) in [4.78, 5) is 23.3. The minimum absolute atomic E-state index is 0. The monoisotopic (exact) mass is 566 g/mol. The van der Waals surface area contributed by atoms with Crippen LogP contribution in [0.5, 0.6) is 5.75 Å². The van der Waals surface area contributed by atoms with E-state index in [9.17, 15) is 9.90 Å². The Morgan fingerprint density at radius 2 is 1.79 bits per heavy atom. The highest BCUT2D eigenvalue weighted by Gasteiger charge is 2.21. The summed E-state index contributed by atoms with van der Waals surface area (Å²) in [5, 5.41) is 16.5. The Morgan fingerprint density at radius 1 is 1.06 bits per heavy atom.